The molecule has 0 spiro atoms. The Labute approximate surface area is 116 Å². The molecule has 102 valence electrons. The van der Waals surface area contributed by atoms with Gasteiger partial charge in [0.05, 0.1) is 12.2 Å². The van der Waals surface area contributed by atoms with Gasteiger partial charge in [-0.05, 0) is 12.5 Å². The highest BCUT2D eigenvalue weighted by Crippen LogP contribution is 2.22. The van der Waals surface area contributed by atoms with Crippen LogP contribution in [0.3, 0.4) is 0 Å². The van der Waals surface area contributed by atoms with Gasteiger partial charge in [-0.2, -0.15) is 0 Å². The van der Waals surface area contributed by atoms with Gasteiger partial charge in [-0.3, -0.25) is 0 Å². The molecule has 1 unspecified atom stereocenters. The average Bonchev–Trinajstić information content (AvgIpc) is 2.96. The Hall–Kier alpha value is -2.60. The SMILES string of the molecule is CC(Nc1nc(NN)cn2ccnc12)c1ccccc1. The summed E-state index contributed by atoms with van der Waals surface area (Å²) in [5.41, 5.74) is 4.52. The molecule has 20 heavy (non-hydrogen) atoms. The number of fused-ring (bicyclic) bond motifs is 1. The second-order valence-corrected chi connectivity index (χ2v) is 4.55. The quantitative estimate of drug-likeness (QED) is 0.499. The molecule has 2 aromatic heterocycles. The van der Waals surface area contributed by atoms with E-state index in [2.05, 4.69) is 39.8 Å². The van der Waals surface area contributed by atoms with Crippen LogP contribution < -0.4 is 16.6 Å². The average molecular weight is 268 g/mol. The summed E-state index contributed by atoms with van der Waals surface area (Å²) in [6, 6.07) is 10.3. The van der Waals surface area contributed by atoms with Crippen LogP contribution >= 0.6 is 0 Å². The molecule has 0 saturated heterocycles. The second-order valence-electron chi connectivity index (χ2n) is 4.55. The topological polar surface area (TPSA) is 80.3 Å². The lowest BCUT2D eigenvalue weighted by Crippen LogP contribution is -2.13. The minimum Gasteiger partial charge on any atom is -0.360 e. The van der Waals surface area contributed by atoms with Gasteiger partial charge in [0.25, 0.3) is 0 Å². The summed E-state index contributed by atoms with van der Waals surface area (Å²) in [7, 11) is 0. The molecule has 0 radical (unpaired) electrons. The molecule has 6 heteroatoms. The predicted molar refractivity (Wildman–Crippen MR) is 79.3 cm³/mol. The zero-order chi connectivity index (χ0) is 13.9. The Kier molecular flexibility index (Phi) is 3.22. The number of nitrogen functional groups attached to an aromatic ring is 1. The fraction of sp³-hybridized carbons (Fsp3) is 0.143. The molecule has 4 N–H and O–H groups in total. The molecule has 0 aliphatic rings. The van der Waals surface area contributed by atoms with Crippen molar-refractivity contribution < 1.29 is 0 Å². The minimum absolute atomic E-state index is 0.122. The first kappa shape index (κ1) is 12.4. The van der Waals surface area contributed by atoms with Crippen molar-refractivity contribution in [2.45, 2.75) is 13.0 Å². The van der Waals surface area contributed by atoms with E-state index >= 15 is 0 Å². The number of anilines is 2. The molecule has 1 atom stereocenters. The van der Waals surface area contributed by atoms with Gasteiger partial charge in [0, 0.05) is 12.4 Å². The highest BCUT2D eigenvalue weighted by molar-refractivity contribution is 5.65. The minimum atomic E-state index is 0.122. The monoisotopic (exact) mass is 268 g/mol. The molecular weight excluding hydrogens is 252 g/mol. The van der Waals surface area contributed by atoms with Crippen LogP contribution in [0, 0.1) is 0 Å². The molecule has 0 fully saturated rings. The number of nitrogens with one attached hydrogen (secondary N) is 2. The Morgan fingerprint density at radius 3 is 2.80 bits per heavy atom. The fourth-order valence-corrected chi connectivity index (χ4v) is 2.13. The van der Waals surface area contributed by atoms with Gasteiger partial charge in [-0.1, -0.05) is 30.3 Å². The molecular formula is C14H16N6. The van der Waals surface area contributed by atoms with Gasteiger partial charge in [0.1, 0.15) is 0 Å². The normalized spacial score (nSPS) is 12.3. The fourth-order valence-electron chi connectivity index (χ4n) is 2.13. The first-order valence-electron chi connectivity index (χ1n) is 6.40. The van der Waals surface area contributed by atoms with E-state index in [1.165, 1.54) is 5.56 Å². The number of aromatic nitrogens is 3. The lowest BCUT2D eigenvalue weighted by molar-refractivity contribution is 0.872. The number of rotatable bonds is 4. The van der Waals surface area contributed by atoms with Crippen molar-refractivity contribution in [3.8, 4) is 0 Å². The van der Waals surface area contributed by atoms with Crippen molar-refractivity contribution in [2.75, 3.05) is 10.7 Å². The van der Waals surface area contributed by atoms with Gasteiger partial charge in [-0.25, -0.2) is 15.8 Å². The number of benzene rings is 1. The van der Waals surface area contributed by atoms with Gasteiger partial charge >= 0.3 is 0 Å². The summed E-state index contributed by atoms with van der Waals surface area (Å²) in [4.78, 5) is 8.74. The number of hydrogen-bond acceptors (Lipinski definition) is 5. The van der Waals surface area contributed by atoms with Crippen molar-refractivity contribution in [1.29, 1.82) is 0 Å². The summed E-state index contributed by atoms with van der Waals surface area (Å²) >= 11 is 0. The maximum absolute atomic E-state index is 5.45. The largest absolute Gasteiger partial charge is 0.360 e. The van der Waals surface area contributed by atoms with E-state index in [9.17, 15) is 0 Å². The number of nitrogens with zero attached hydrogens (tertiary/aromatic N) is 3. The molecule has 0 aliphatic heterocycles. The van der Waals surface area contributed by atoms with Crippen LogP contribution in [0.25, 0.3) is 5.65 Å². The maximum Gasteiger partial charge on any atom is 0.180 e. The summed E-state index contributed by atoms with van der Waals surface area (Å²) < 4.78 is 1.88. The maximum atomic E-state index is 5.45. The first-order valence-corrected chi connectivity index (χ1v) is 6.40. The number of imidazole rings is 1. The molecule has 0 saturated carbocycles. The van der Waals surface area contributed by atoms with Crippen LogP contribution in [0.1, 0.15) is 18.5 Å². The van der Waals surface area contributed by atoms with Crippen molar-refractivity contribution in [3.63, 3.8) is 0 Å². The number of hydrogen-bond donors (Lipinski definition) is 3. The number of hydrazine groups is 1. The highest BCUT2D eigenvalue weighted by Gasteiger charge is 2.11. The van der Waals surface area contributed by atoms with E-state index in [0.717, 1.165) is 5.65 Å². The summed E-state index contributed by atoms with van der Waals surface area (Å²) in [5, 5.41) is 3.37. The van der Waals surface area contributed by atoms with E-state index < -0.39 is 0 Å². The second kappa shape index (κ2) is 5.18. The van der Waals surface area contributed by atoms with Crippen LogP contribution in [0.4, 0.5) is 11.6 Å². The Balaban J connectivity index is 1.95. The summed E-state index contributed by atoms with van der Waals surface area (Å²) in [5.74, 6) is 6.72. The predicted octanol–water partition coefficient (Wildman–Crippen LogP) is 2.19. The third-order valence-electron chi connectivity index (χ3n) is 3.17. The Morgan fingerprint density at radius 2 is 2.05 bits per heavy atom. The van der Waals surface area contributed by atoms with Crippen LogP contribution in [-0.2, 0) is 0 Å². The van der Waals surface area contributed by atoms with E-state index in [1.54, 1.807) is 12.4 Å². The summed E-state index contributed by atoms with van der Waals surface area (Å²) in [6.07, 6.45) is 5.38. The van der Waals surface area contributed by atoms with Crippen LogP contribution in [0.2, 0.25) is 0 Å². The van der Waals surface area contributed by atoms with Crippen molar-refractivity contribution in [3.05, 3.63) is 54.5 Å². The molecule has 2 heterocycles. The van der Waals surface area contributed by atoms with E-state index in [-0.39, 0.29) is 6.04 Å². The third kappa shape index (κ3) is 2.28. The van der Waals surface area contributed by atoms with Crippen LogP contribution in [-0.4, -0.2) is 14.4 Å². The molecule has 0 amide bonds. The molecule has 0 aliphatic carbocycles. The molecule has 1 aromatic carbocycles. The van der Waals surface area contributed by atoms with Crippen LogP contribution in [0.15, 0.2) is 48.9 Å². The zero-order valence-corrected chi connectivity index (χ0v) is 11.1. The van der Waals surface area contributed by atoms with Crippen molar-refractivity contribution in [1.82, 2.24) is 14.4 Å². The standard InChI is InChI=1S/C14H16N6/c1-10(11-5-3-2-4-6-11)17-13-14-16-7-8-20(14)9-12(18-13)19-15/h2-10,19H,15H2,1H3,(H,17,18). The Morgan fingerprint density at radius 1 is 1.25 bits per heavy atom. The lowest BCUT2D eigenvalue weighted by atomic mass is 10.1. The third-order valence-corrected chi connectivity index (χ3v) is 3.17. The molecule has 3 rings (SSSR count). The highest BCUT2D eigenvalue weighted by atomic mass is 15.3. The van der Waals surface area contributed by atoms with E-state index in [0.29, 0.717) is 11.6 Å². The Bertz CT molecular complexity index is 706. The molecule has 0 bridgehead atoms. The van der Waals surface area contributed by atoms with E-state index in [1.807, 2.05) is 28.8 Å². The van der Waals surface area contributed by atoms with Gasteiger partial charge in [0.2, 0.25) is 0 Å². The van der Waals surface area contributed by atoms with Gasteiger partial charge < -0.3 is 15.1 Å². The zero-order valence-electron chi connectivity index (χ0n) is 11.1. The van der Waals surface area contributed by atoms with Crippen LogP contribution in [0.5, 0.6) is 0 Å². The number of nitrogens with two attached hydrogens (primary N) is 1. The first-order chi connectivity index (χ1) is 9.78. The van der Waals surface area contributed by atoms with Gasteiger partial charge in [-0.15, -0.1) is 0 Å². The smallest absolute Gasteiger partial charge is 0.180 e. The summed E-state index contributed by atoms with van der Waals surface area (Å²) in [6.45, 7) is 2.08. The molecule has 6 nitrogen and oxygen atoms in total. The van der Waals surface area contributed by atoms with Crippen molar-refractivity contribution >= 4 is 17.3 Å². The van der Waals surface area contributed by atoms with Gasteiger partial charge in [0.15, 0.2) is 17.3 Å². The lowest BCUT2D eigenvalue weighted by Gasteiger charge is -2.16. The molecule has 3 aromatic rings. The van der Waals surface area contributed by atoms with E-state index in [4.69, 9.17) is 5.84 Å². The van der Waals surface area contributed by atoms with Crippen molar-refractivity contribution in [2.24, 2.45) is 5.84 Å².